The van der Waals surface area contributed by atoms with Crippen molar-refractivity contribution < 1.29 is 0 Å². The molecular formula is C13H10Cl2N4. The van der Waals surface area contributed by atoms with Gasteiger partial charge in [-0.15, -0.1) is 0 Å². The number of hydrogen-bond donors (Lipinski definition) is 0. The molecule has 3 aromatic rings. The summed E-state index contributed by atoms with van der Waals surface area (Å²) in [6.45, 7) is 0.535. The van der Waals surface area contributed by atoms with E-state index in [1.807, 2.05) is 30.5 Å². The monoisotopic (exact) mass is 292 g/mol. The summed E-state index contributed by atoms with van der Waals surface area (Å²) in [5.41, 5.74) is 2.82. The van der Waals surface area contributed by atoms with Gasteiger partial charge in [0.05, 0.1) is 30.1 Å². The quantitative estimate of drug-likeness (QED) is 0.692. The maximum atomic E-state index is 6.26. The summed E-state index contributed by atoms with van der Waals surface area (Å²) in [6.07, 6.45) is 5.10. The van der Waals surface area contributed by atoms with E-state index < -0.39 is 0 Å². The highest BCUT2D eigenvalue weighted by Crippen LogP contribution is 2.26. The van der Waals surface area contributed by atoms with E-state index in [0.717, 1.165) is 22.2 Å². The van der Waals surface area contributed by atoms with E-state index in [4.69, 9.17) is 23.6 Å². The summed E-state index contributed by atoms with van der Waals surface area (Å²) in [6, 6.07) is 9.74. The molecule has 0 unspecified atom stereocenters. The van der Waals surface area contributed by atoms with Crippen LogP contribution in [0.3, 0.4) is 0 Å². The van der Waals surface area contributed by atoms with E-state index in [1.54, 1.807) is 27.0 Å². The van der Waals surface area contributed by atoms with Crippen LogP contribution >= 0.6 is 23.6 Å². The average molecular weight is 293 g/mol. The van der Waals surface area contributed by atoms with Crippen molar-refractivity contribution in [3.63, 3.8) is 0 Å². The van der Waals surface area contributed by atoms with Gasteiger partial charge in [0, 0.05) is 35.1 Å². The molecule has 0 atom stereocenters. The van der Waals surface area contributed by atoms with Gasteiger partial charge < -0.3 is 0 Å². The second kappa shape index (κ2) is 5.07. The number of para-hydroxylation sites is 1. The average Bonchev–Trinajstić information content (AvgIpc) is 2.77. The van der Waals surface area contributed by atoms with E-state index in [2.05, 4.69) is 10.2 Å². The molecule has 2 aromatic heterocycles. The summed E-state index contributed by atoms with van der Waals surface area (Å²) in [4.78, 5) is 0. The Labute approximate surface area is 120 Å². The minimum Gasteiger partial charge on any atom is -0.279 e. The molecule has 0 aliphatic rings. The Bertz CT molecular complexity index is 696. The van der Waals surface area contributed by atoms with Crippen molar-refractivity contribution in [2.75, 3.05) is 4.42 Å². The molecular weight excluding hydrogens is 283 g/mol. The number of fused-ring (bicyclic) bond motifs is 1. The maximum absolute atomic E-state index is 6.26. The third kappa shape index (κ3) is 2.37. The van der Waals surface area contributed by atoms with Crippen LogP contribution in [-0.4, -0.2) is 14.3 Å². The molecule has 0 fully saturated rings. The van der Waals surface area contributed by atoms with E-state index in [9.17, 15) is 0 Å². The molecule has 3 rings (SSSR count). The van der Waals surface area contributed by atoms with Gasteiger partial charge in [0.2, 0.25) is 0 Å². The first-order chi connectivity index (χ1) is 9.25. The van der Waals surface area contributed by atoms with Crippen LogP contribution in [0.5, 0.6) is 0 Å². The molecule has 0 aliphatic heterocycles. The molecule has 0 saturated heterocycles. The van der Waals surface area contributed by atoms with Crippen LogP contribution < -0.4 is 4.42 Å². The SMILES string of the molecule is ClN(Cc1cn(Cl)c2ccccc12)c1ccnnc1. The third-order valence-corrected chi connectivity index (χ3v) is 3.50. The molecule has 0 bridgehead atoms. The Morgan fingerprint density at radius 3 is 2.79 bits per heavy atom. The van der Waals surface area contributed by atoms with Crippen molar-refractivity contribution >= 4 is 40.1 Å². The second-order valence-corrected chi connectivity index (χ2v) is 4.88. The van der Waals surface area contributed by atoms with Crippen LogP contribution in [0, 0.1) is 0 Å². The number of rotatable bonds is 3. The first-order valence-electron chi connectivity index (χ1n) is 5.71. The molecule has 1 aromatic carbocycles. The van der Waals surface area contributed by atoms with Gasteiger partial charge in [0.25, 0.3) is 0 Å². The third-order valence-electron chi connectivity index (χ3n) is 2.91. The van der Waals surface area contributed by atoms with Crippen molar-refractivity contribution in [2.24, 2.45) is 0 Å². The lowest BCUT2D eigenvalue weighted by Crippen LogP contribution is -2.09. The zero-order valence-electron chi connectivity index (χ0n) is 9.87. The smallest absolute Gasteiger partial charge is 0.0744 e. The highest BCUT2D eigenvalue weighted by molar-refractivity contribution is 6.25. The second-order valence-electron chi connectivity index (χ2n) is 4.10. The van der Waals surface area contributed by atoms with Crippen LogP contribution in [0.15, 0.2) is 48.9 Å². The Balaban J connectivity index is 1.94. The highest BCUT2D eigenvalue weighted by Gasteiger charge is 2.11. The number of hydrogen-bond acceptors (Lipinski definition) is 3. The molecule has 0 saturated carbocycles. The number of aromatic nitrogens is 3. The molecule has 19 heavy (non-hydrogen) atoms. The Morgan fingerprint density at radius 1 is 1.16 bits per heavy atom. The van der Waals surface area contributed by atoms with Crippen molar-refractivity contribution in [3.8, 4) is 0 Å². The summed E-state index contributed by atoms with van der Waals surface area (Å²) in [5, 5.41) is 8.62. The van der Waals surface area contributed by atoms with Crippen molar-refractivity contribution in [3.05, 3.63) is 54.5 Å². The zero-order chi connectivity index (χ0) is 13.2. The normalized spacial score (nSPS) is 10.8. The van der Waals surface area contributed by atoms with Crippen LogP contribution in [0.4, 0.5) is 5.69 Å². The summed E-state index contributed by atoms with van der Waals surface area (Å²) >= 11 is 12.4. The summed E-state index contributed by atoms with van der Waals surface area (Å²) in [5.74, 6) is 0. The van der Waals surface area contributed by atoms with Crippen molar-refractivity contribution in [1.82, 2.24) is 14.3 Å². The van der Waals surface area contributed by atoms with E-state index in [1.165, 1.54) is 0 Å². The molecule has 96 valence electrons. The van der Waals surface area contributed by atoms with E-state index in [0.29, 0.717) is 6.54 Å². The molecule has 4 nitrogen and oxygen atoms in total. The first kappa shape index (κ1) is 12.3. The van der Waals surface area contributed by atoms with Crippen LogP contribution in [0.25, 0.3) is 10.9 Å². The van der Waals surface area contributed by atoms with Gasteiger partial charge in [0.1, 0.15) is 0 Å². The van der Waals surface area contributed by atoms with Gasteiger partial charge in [-0.1, -0.05) is 18.2 Å². The summed E-state index contributed by atoms with van der Waals surface area (Å²) in [7, 11) is 0. The van der Waals surface area contributed by atoms with Gasteiger partial charge in [-0.2, -0.15) is 10.2 Å². The predicted molar refractivity (Wildman–Crippen MR) is 77.3 cm³/mol. The van der Waals surface area contributed by atoms with Crippen molar-refractivity contribution in [2.45, 2.75) is 6.54 Å². The number of halogens is 2. The molecule has 0 N–H and O–H groups in total. The number of anilines is 1. The molecule has 0 amide bonds. The molecule has 6 heteroatoms. The summed E-state index contributed by atoms with van der Waals surface area (Å²) < 4.78 is 3.17. The van der Waals surface area contributed by atoms with E-state index in [-0.39, 0.29) is 0 Å². The maximum Gasteiger partial charge on any atom is 0.0744 e. The lowest BCUT2D eigenvalue weighted by atomic mass is 10.2. The Kier molecular flexibility index (Phi) is 3.27. The highest BCUT2D eigenvalue weighted by atomic mass is 35.5. The fourth-order valence-electron chi connectivity index (χ4n) is 2.00. The standard InChI is InChI=1S/C13H10Cl2N4/c14-18(11-5-6-16-17-7-11)8-10-9-19(15)13-4-2-1-3-12(10)13/h1-7,9H,8H2. The largest absolute Gasteiger partial charge is 0.279 e. The zero-order valence-corrected chi connectivity index (χ0v) is 11.4. The minimum atomic E-state index is 0.535. The number of benzene rings is 1. The van der Waals surface area contributed by atoms with Gasteiger partial charge in [-0.3, -0.25) is 8.51 Å². The molecule has 0 radical (unpaired) electrons. The van der Waals surface area contributed by atoms with Gasteiger partial charge in [-0.25, -0.2) is 0 Å². The van der Waals surface area contributed by atoms with Gasteiger partial charge in [-0.05, 0) is 17.7 Å². The van der Waals surface area contributed by atoms with Crippen LogP contribution in [0.2, 0.25) is 0 Å². The van der Waals surface area contributed by atoms with Crippen molar-refractivity contribution in [1.29, 1.82) is 0 Å². The molecule has 2 heterocycles. The van der Waals surface area contributed by atoms with Gasteiger partial charge >= 0.3 is 0 Å². The lowest BCUT2D eigenvalue weighted by molar-refractivity contribution is 0.989. The van der Waals surface area contributed by atoms with Crippen LogP contribution in [0.1, 0.15) is 5.56 Å². The Hall–Kier alpha value is -1.78. The molecule has 0 aliphatic carbocycles. The van der Waals surface area contributed by atoms with E-state index >= 15 is 0 Å². The molecule has 0 spiro atoms. The first-order valence-corrected chi connectivity index (χ1v) is 6.38. The Morgan fingerprint density at radius 2 is 2.00 bits per heavy atom. The predicted octanol–water partition coefficient (Wildman–Crippen LogP) is 3.59. The number of nitrogens with zero attached hydrogens (tertiary/aromatic N) is 4. The lowest BCUT2D eigenvalue weighted by Gasteiger charge is -2.14. The topological polar surface area (TPSA) is 34.0 Å². The minimum absolute atomic E-state index is 0.535. The fraction of sp³-hybridized carbons (Fsp3) is 0.0769. The van der Waals surface area contributed by atoms with Crippen LogP contribution in [-0.2, 0) is 6.54 Å². The van der Waals surface area contributed by atoms with Gasteiger partial charge in [0.15, 0.2) is 0 Å². The fourth-order valence-corrected chi connectivity index (χ4v) is 2.50.